The van der Waals surface area contributed by atoms with E-state index in [4.69, 9.17) is 9.47 Å². The van der Waals surface area contributed by atoms with Crippen molar-refractivity contribution < 1.29 is 14.6 Å². The van der Waals surface area contributed by atoms with E-state index < -0.39 is 0 Å². The molecule has 1 atom stereocenters. The van der Waals surface area contributed by atoms with E-state index in [2.05, 4.69) is 0 Å². The first-order valence-corrected chi connectivity index (χ1v) is 6.89. The molecule has 3 rings (SSSR count). The van der Waals surface area contributed by atoms with Gasteiger partial charge in [0.05, 0.1) is 13.2 Å². The van der Waals surface area contributed by atoms with Crippen LogP contribution in [0.25, 0.3) is 0 Å². The zero-order valence-corrected chi connectivity index (χ0v) is 10.6. The molecule has 2 fully saturated rings. The summed E-state index contributed by atoms with van der Waals surface area (Å²) in [5.41, 5.74) is 1.02. The van der Waals surface area contributed by atoms with Gasteiger partial charge in [-0.25, -0.2) is 0 Å². The van der Waals surface area contributed by atoms with Gasteiger partial charge in [-0.15, -0.1) is 0 Å². The lowest BCUT2D eigenvalue weighted by molar-refractivity contribution is 0.208. The largest absolute Gasteiger partial charge is 0.508 e. The lowest BCUT2D eigenvalue weighted by Gasteiger charge is -2.21. The monoisotopic (exact) mass is 248 g/mol. The molecule has 1 saturated carbocycles. The fourth-order valence-corrected chi connectivity index (χ4v) is 2.68. The Morgan fingerprint density at radius 1 is 1.17 bits per heavy atom. The summed E-state index contributed by atoms with van der Waals surface area (Å²) in [5, 5.41) is 9.67. The average molecular weight is 248 g/mol. The van der Waals surface area contributed by atoms with Gasteiger partial charge in [-0.1, -0.05) is 19.3 Å². The van der Waals surface area contributed by atoms with Gasteiger partial charge in [0.15, 0.2) is 0 Å². The Balaban J connectivity index is 1.60. The van der Waals surface area contributed by atoms with Crippen molar-refractivity contribution in [1.82, 2.24) is 0 Å². The molecule has 1 aromatic rings. The maximum Gasteiger partial charge on any atom is 0.123 e. The lowest BCUT2D eigenvalue weighted by Crippen LogP contribution is -2.15. The lowest BCUT2D eigenvalue weighted by atomic mass is 9.90. The fourth-order valence-electron chi connectivity index (χ4n) is 2.68. The van der Waals surface area contributed by atoms with Crippen molar-refractivity contribution in [3.8, 4) is 11.5 Å². The second-order valence-electron chi connectivity index (χ2n) is 5.40. The first kappa shape index (κ1) is 11.8. The number of ether oxygens (including phenoxy) is 2. The van der Waals surface area contributed by atoms with Gasteiger partial charge in [0, 0.05) is 6.07 Å². The minimum Gasteiger partial charge on any atom is -0.508 e. The van der Waals surface area contributed by atoms with Gasteiger partial charge in [0.2, 0.25) is 0 Å². The second kappa shape index (κ2) is 5.19. The predicted molar refractivity (Wildman–Crippen MR) is 68.9 cm³/mol. The van der Waals surface area contributed by atoms with Crippen LogP contribution in [0.15, 0.2) is 18.2 Å². The molecule has 18 heavy (non-hydrogen) atoms. The van der Waals surface area contributed by atoms with Gasteiger partial charge in [-0.05, 0) is 36.5 Å². The number of phenols is 1. The summed E-state index contributed by atoms with van der Waals surface area (Å²) in [7, 11) is 0. The molecule has 2 aliphatic rings. The smallest absolute Gasteiger partial charge is 0.123 e. The van der Waals surface area contributed by atoms with E-state index in [0.717, 1.165) is 24.5 Å². The molecule has 3 nitrogen and oxygen atoms in total. The van der Waals surface area contributed by atoms with E-state index in [1.165, 1.54) is 32.1 Å². The fraction of sp³-hybridized carbons (Fsp3) is 0.600. The maximum atomic E-state index is 9.67. The van der Waals surface area contributed by atoms with Crippen molar-refractivity contribution in [3.63, 3.8) is 0 Å². The first-order chi connectivity index (χ1) is 8.81. The Morgan fingerprint density at radius 3 is 2.67 bits per heavy atom. The minimum atomic E-state index is 0.161. The summed E-state index contributed by atoms with van der Waals surface area (Å²) in [6, 6.07) is 5.43. The highest BCUT2D eigenvalue weighted by atomic mass is 16.6. The van der Waals surface area contributed by atoms with Crippen molar-refractivity contribution in [1.29, 1.82) is 0 Å². The molecule has 1 aliphatic heterocycles. The Labute approximate surface area is 108 Å². The molecular formula is C15H20O3. The number of benzene rings is 1. The number of aromatic hydroxyl groups is 1. The Kier molecular flexibility index (Phi) is 3.41. The van der Waals surface area contributed by atoms with Crippen LogP contribution in [0.4, 0.5) is 0 Å². The summed E-state index contributed by atoms with van der Waals surface area (Å²) >= 11 is 0. The molecule has 1 saturated heterocycles. The molecule has 0 spiro atoms. The number of epoxide rings is 1. The molecule has 1 aromatic carbocycles. The van der Waals surface area contributed by atoms with Crippen molar-refractivity contribution in [2.45, 2.75) is 38.2 Å². The van der Waals surface area contributed by atoms with E-state index in [1.54, 1.807) is 12.1 Å². The van der Waals surface area contributed by atoms with Crippen molar-refractivity contribution >= 4 is 0 Å². The van der Waals surface area contributed by atoms with Crippen molar-refractivity contribution in [2.75, 3.05) is 13.2 Å². The van der Waals surface area contributed by atoms with Crippen LogP contribution in [0.1, 0.15) is 43.8 Å². The molecule has 0 bridgehead atoms. The molecule has 0 amide bonds. The summed E-state index contributed by atoms with van der Waals surface area (Å²) in [6.07, 6.45) is 6.74. The second-order valence-corrected chi connectivity index (χ2v) is 5.40. The predicted octanol–water partition coefficient (Wildman–Crippen LogP) is 3.42. The van der Waals surface area contributed by atoms with Crippen LogP contribution in [0.3, 0.4) is 0 Å². The van der Waals surface area contributed by atoms with Crippen LogP contribution in [-0.2, 0) is 4.74 Å². The SMILES string of the molecule is Oc1cc(OCC2CCCCC2)cc(C2CO2)c1. The standard InChI is InChI=1S/C15H20O3/c16-13-6-12(15-10-18-15)7-14(8-13)17-9-11-4-2-1-3-5-11/h6-8,11,15-16H,1-5,9-10H2. The molecule has 0 radical (unpaired) electrons. The first-order valence-electron chi connectivity index (χ1n) is 6.89. The van der Waals surface area contributed by atoms with E-state index >= 15 is 0 Å². The molecule has 1 N–H and O–H groups in total. The Morgan fingerprint density at radius 2 is 1.94 bits per heavy atom. The summed E-state index contributed by atoms with van der Waals surface area (Å²) in [4.78, 5) is 0. The van der Waals surface area contributed by atoms with Gasteiger partial charge in [0.25, 0.3) is 0 Å². The number of phenolic OH excluding ortho intramolecular Hbond substituents is 1. The molecule has 98 valence electrons. The van der Waals surface area contributed by atoms with Crippen LogP contribution < -0.4 is 4.74 Å². The normalized spacial score (nSPS) is 23.9. The topological polar surface area (TPSA) is 42.0 Å². The quantitative estimate of drug-likeness (QED) is 0.830. The third-order valence-corrected chi connectivity index (χ3v) is 3.83. The van der Waals surface area contributed by atoms with E-state index in [9.17, 15) is 5.11 Å². The van der Waals surface area contributed by atoms with E-state index in [0.29, 0.717) is 5.92 Å². The van der Waals surface area contributed by atoms with Gasteiger partial charge in [-0.2, -0.15) is 0 Å². The molecule has 0 aromatic heterocycles. The zero-order valence-electron chi connectivity index (χ0n) is 10.6. The highest BCUT2D eigenvalue weighted by molar-refractivity contribution is 5.39. The van der Waals surface area contributed by atoms with Crippen molar-refractivity contribution in [3.05, 3.63) is 23.8 Å². The summed E-state index contributed by atoms with van der Waals surface area (Å²) < 4.78 is 11.1. The maximum absolute atomic E-state index is 9.67. The number of rotatable bonds is 4. The third kappa shape index (κ3) is 2.96. The van der Waals surface area contributed by atoms with Gasteiger partial charge < -0.3 is 14.6 Å². The molecule has 1 heterocycles. The summed E-state index contributed by atoms with van der Waals surface area (Å²) in [6.45, 7) is 1.53. The molecule has 3 heteroatoms. The number of hydrogen-bond acceptors (Lipinski definition) is 3. The Bertz CT molecular complexity index is 406. The van der Waals surface area contributed by atoms with Crippen LogP contribution >= 0.6 is 0 Å². The third-order valence-electron chi connectivity index (χ3n) is 3.83. The van der Waals surface area contributed by atoms with Crippen LogP contribution in [0.2, 0.25) is 0 Å². The van der Waals surface area contributed by atoms with Crippen LogP contribution in [0.5, 0.6) is 11.5 Å². The zero-order chi connectivity index (χ0) is 12.4. The molecule has 1 unspecified atom stereocenters. The van der Waals surface area contributed by atoms with E-state index in [1.807, 2.05) is 6.07 Å². The van der Waals surface area contributed by atoms with Gasteiger partial charge >= 0.3 is 0 Å². The highest BCUT2D eigenvalue weighted by Gasteiger charge is 2.25. The van der Waals surface area contributed by atoms with Crippen molar-refractivity contribution in [2.24, 2.45) is 5.92 Å². The Hall–Kier alpha value is -1.22. The average Bonchev–Trinajstić information content (AvgIpc) is 3.21. The van der Waals surface area contributed by atoms with Crippen LogP contribution in [-0.4, -0.2) is 18.3 Å². The molecule has 1 aliphatic carbocycles. The number of hydrogen-bond donors (Lipinski definition) is 1. The van der Waals surface area contributed by atoms with Crippen LogP contribution in [0, 0.1) is 5.92 Å². The van der Waals surface area contributed by atoms with E-state index in [-0.39, 0.29) is 11.9 Å². The molecular weight excluding hydrogens is 228 g/mol. The minimum absolute atomic E-state index is 0.161. The van der Waals surface area contributed by atoms with Gasteiger partial charge in [0.1, 0.15) is 17.6 Å². The van der Waals surface area contributed by atoms with Gasteiger partial charge in [-0.3, -0.25) is 0 Å². The highest BCUT2D eigenvalue weighted by Crippen LogP contribution is 2.35. The summed E-state index contributed by atoms with van der Waals surface area (Å²) in [5.74, 6) is 1.72.